The van der Waals surface area contributed by atoms with Gasteiger partial charge >= 0.3 is 0 Å². The lowest BCUT2D eigenvalue weighted by molar-refractivity contribution is 0.624. The molecule has 1 fully saturated rings. The highest BCUT2D eigenvalue weighted by molar-refractivity contribution is 5.78. The standard InChI is InChI=1S/C13H19FN4/c1-18(2)12-6-3-9(7-11(12)14)8-16-13(15)17-10-4-5-10/h3,6-7,10H,4-5,8H2,1-2H3,(H3,15,16,17). The monoisotopic (exact) mass is 250 g/mol. The molecule has 0 saturated heterocycles. The van der Waals surface area contributed by atoms with Crippen LogP contribution in [0.2, 0.25) is 0 Å². The van der Waals surface area contributed by atoms with Gasteiger partial charge in [-0.15, -0.1) is 0 Å². The number of anilines is 1. The Morgan fingerprint density at radius 1 is 1.50 bits per heavy atom. The van der Waals surface area contributed by atoms with E-state index < -0.39 is 0 Å². The molecule has 1 aliphatic carbocycles. The van der Waals surface area contributed by atoms with Gasteiger partial charge in [0.1, 0.15) is 5.82 Å². The molecule has 0 amide bonds. The van der Waals surface area contributed by atoms with Crippen molar-refractivity contribution >= 4 is 11.6 Å². The minimum absolute atomic E-state index is 0.235. The van der Waals surface area contributed by atoms with Crippen LogP contribution in [0.15, 0.2) is 23.2 Å². The van der Waals surface area contributed by atoms with Crippen LogP contribution in [0.4, 0.5) is 10.1 Å². The van der Waals surface area contributed by atoms with Gasteiger partial charge in [-0.05, 0) is 30.5 Å². The predicted molar refractivity (Wildman–Crippen MR) is 72.2 cm³/mol. The van der Waals surface area contributed by atoms with Crippen molar-refractivity contribution in [1.82, 2.24) is 5.32 Å². The molecule has 0 atom stereocenters. The van der Waals surface area contributed by atoms with Crippen molar-refractivity contribution < 1.29 is 4.39 Å². The summed E-state index contributed by atoms with van der Waals surface area (Å²) in [6.07, 6.45) is 2.31. The highest BCUT2D eigenvalue weighted by Crippen LogP contribution is 2.19. The number of hydrogen-bond acceptors (Lipinski definition) is 2. The molecule has 1 saturated carbocycles. The molecule has 0 bridgehead atoms. The van der Waals surface area contributed by atoms with Gasteiger partial charge in [-0.3, -0.25) is 0 Å². The van der Waals surface area contributed by atoms with E-state index in [1.54, 1.807) is 11.0 Å². The van der Waals surface area contributed by atoms with Crippen LogP contribution < -0.4 is 16.0 Å². The minimum Gasteiger partial charge on any atom is -0.375 e. The van der Waals surface area contributed by atoms with Gasteiger partial charge in [0.2, 0.25) is 0 Å². The maximum Gasteiger partial charge on any atom is 0.189 e. The van der Waals surface area contributed by atoms with Gasteiger partial charge in [-0.25, -0.2) is 9.38 Å². The van der Waals surface area contributed by atoms with Crippen molar-refractivity contribution in [3.63, 3.8) is 0 Å². The number of aliphatic imine (C=N–C) groups is 1. The summed E-state index contributed by atoms with van der Waals surface area (Å²) in [7, 11) is 3.63. The van der Waals surface area contributed by atoms with Crippen LogP contribution in [0.3, 0.4) is 0 Å². The lowest BCUT2D eigenvalue weighted by atomic mass is 10.2. The van der Waals surface area contributed by atoms with Gasteiger partial charge in [0.05, 0.1) is 12.2 Å². The van der Waals surface area contributed by atoms with Crippen molar-refractivity contribution in [3.8, 4) is 0 Å². The van der Waals surface area contributed by atoms with Crippen molar-refractivity contribution in [2.24, 2.45) is 10.7 Å². The number of nitrogens with two attached hydrogens (primary N) is 1. The van der Waals surface area contributed by atoms with E-state index in [1.165, 1.54) is 6.07 Å². The zero-order valence-corrected chi connectivity index (χ0v) is 10.8. The summed E-state index contributed by atoms with van der Waals surface area (Å²) in [5.41, 5.74) is 7.11. The fourth-order valence-electron chi connectivity index (χ4n) is 1.67. The Bertz CT molecular complexity index is 452. The smallest absolute Gasteiger partial charge is 0.189 e. The van der Waals surface area contributed by atoms with E-state index in [4.69, 9.17) is 5.73 Å². The van der Waals surface area contributed by atoms with E-state index in [0.29, 0.717) is 24.2 Å². The summed E-state index contributed by atoms with van der Waals surface area (Å²) in [6.45, 7) is 0.399. The van der Waals surface area contributed by atoms with Crippen LogP contribution in [0.5, 0.6) is 0 Å². The van der Waals surface area contributed by atoms with Crippen molar-refractivity contribution in [3.05, 3.63) is 29.6 Å². The molecule has 1 aromatic rings. The third-order valence-electron chi connectivity index (χ3n) is 2.86. The van der Waals surface area contributed by atoms with Crippen molar-refractivity contribution in [2.45, 2.75) is 25.4 Å². The first kappa shape index (κ1) is 12.7. The average Bonchev–Trinajstić information content (AvgIpc) is 3.10. The average molecular weight is 250 g/mol. The Kier molecular flexibility index (Phi) is 3.69. The minimum atomic E-state index is -0.235. The molecule has 1 aromatic carbocycles. The van der Waals surface area contributed by atoms with Crippen LogP contribution in [0.25, 0.3) is 0 Å². The molecule has 0 spiro atoms. The first-order valence-electron chi connectivity index (χ1n) is 6.08. The van der Waals surface area contributed by atoms with E-state index >= 15 is 0 Å². The quantitative estimate of drug-likeness (QED) is 0.628. The van der Waals surface area contributed by atoms with Crippen molar-refractivity contribution in [1.29, 1.82) is 0 Å². The van der Waals surface area contributed by atoms with Crippen LogP contribution in [-0.4, -0.2) is 26.1 Å². The Morgan fingerprint density at radius 3 is 2.78 bits per heavy atom. The second kappa shape index (κ2) is 5.25. The molecule has 3 N–H and O–H groups in total. The normalized spacial score (nSPS) is 15.6. The highest BCUT2D eigenvalue weighted by Gasteiger charge is 2.21. The number of rotatable bonds is 4. The van der Waals surface area contributed by atoms with Crippen LogP contribution in [0, 0.1) is 5.82 Å². The summed E-state index contributed by atoms with van der Waals surface area (Å²) in [4.78, 5) is 5.93. The molecule has 1 aliphatic rings. The molecule has 0 aliphatic heterocycles. The third kappa shape index (κ3) is 3.35. The van der Waals surface area contributed by atoms with E-state index in [2.05, 4.69) is 10.3 Å². The number of nitrogens with one attached hydrogen (secondary N) is 1. The van der Waals surface area contributed by atoms with Gasteiger partial charge < -0.3 is 16.0 Å². The second-order valence-electron chi connectivity index (χ2n) is 4.80. The van der Waals surface area contributed by atoms with E-state index in [-0.39, 0.29) is 5.82 Å². The highest BCUT2D eigenvalue weighted by atomic mass is 19.1. The fourth-order valence-corrected chi connectivity index (χ4v) is 1.67. The second-order valence-corrected chi connectivity index (χ2v) is 4.80. The van der Waals surface area contributed by atoms with E-state index in [9.17, 15) is 4.39 Å². The predicted octanol–water partition coefficient (Wildman–Crippen LogP) is 1.46. The Balaban J connectivity index is 1.98. The molecule has 18 heavy (non-hydrogen) atoms. The molecule has 2 rings (SSSR count). The molecule has 4 nitrogen and oxygen atoms in total. The van der Waals surface area contributed by atoms with Crippen molar-refractivity contribution in [2.75, 3.05) is 19.0 Å². The molecule has 98 valence electrons. The van der Waals surface area contributed by atoms with Crippen LogP contribution >= 0.6 is 0 Å². The number of hydrogen-bond donors (Lipinski definition) is 2. The first-order chi connectivity index (χ1) is 8.56. The molecule has 0 radical (unpaired) electrons. The Labute approximate surface area is 107 Å². The number of guanidine groups is 1. The molecule has 0 unspecified atom stereocenters. The lowest BCUT2D eigenvalue weighted by Gasteiger charge is -2.13. The lowest BCUT2D eigenvalue weighted by Crippen LogP contribution is -2.33. The summed E-state index contributed by atoms with van der Waals surface area (Å²) in [6, 6.07) is 5.61. The van der Waals surface area contributed by atoms with E-state index in [0.717, 1.165) is 18.4 Å². The summed E-state index contributed by atoms with van der Waals surface area (Å²) in [5, 5.41) is 3.09. The van der Waals surface area contributed by atoms with E-state index in [1.807, 2.05) is 20.2 Å². The molecular weight excluding hydrogens is 231 g/mol. The number of nitrogens with zero attached hydrogens (tertiary/aromatic N) is 2. The topological polar surface area (TPSA) is 53.6 Å². The van der Waals surface area contributed by atoms with Gasteiger partial charge in [-0.1, -0.05) is 6.07 Å². The Morgan fingerprint density at radius 2 is 2.22 bits per heavy atom. The maximum atomic E-state index is 13.7. The SMILES string of the molecule is CN(C)c1ccc(CN=C(N)NC2CC2)cc1F. The Hall–Kier alpha value is -1.78. The van der Waals surface area contributed by atoms with Crippen LogP contribution in [0.1, 0.15) is 18.4 Å². The number of halogens is 1. The zero-order chi connectivity index (χ0) is 13.1. The largest absolute Gasteiger partial charge is 0.375 e. The molecular formula is C13H19FN4. The van der Waals surface area contributed by atoms with Gasteiger partial charge in [-0.2, -0.15) is 0 Å². The first-order valence-corrected chi connectivity index (χ1v) is 6.08. The summed E-state index contributed by atoms with van der Waals surface area (Å²) >= 11 is 0. The molecule has 0 aromatic heterocycles. The third-order valence-corrected chi connectivity index (χ3v) is 2.86. The number of benzene rings is 1. The van der Waals surface area contributed by atoms with Gasteiger partial charge in [0.15, 0.2) is 5.96 Å². The summed E-state index contributed by atoms with van der Waals surface area (Å²) < 4.78 is 13.7. The van der Waals surface area contributed by atoms with Gasteiger partial charge in [0.25, 0.3) is 0 Å². The molecule has 5 heteroatoms. The zero-order valence-electron chi connectivity index (χ0n) is 10.8. The summed E-state index contributed by atoms with van der Waals surface area (Å²) in [5.74, 6) is 0.205. The van der Waals surface area contributed by atoms with Gasteiger partial charge in [0, 0.05) is 20.1 Å². The fraction of sp³-hybridized carbons (Fsp3) is 0.462. The molecule has 0 heterocycles. The maximum absolute atomic E-state index is 13.7. The van der Waals surface area contributed by atoms with Crippen LogP contribution in [-0.2, 0) is 6.54 Å².